The van der Waals surface area contributed by atoms with Gasteiger partial charge in [0, 0.05) is 13.0 Å². The van der Waals surface area contributed by atoms with E-state index in [1.165, 1.54) is 89.9 Å². The van der Waals surface area contributed by atoms with Gasteiger partial charge in [-0.2, -0.15) is 0 Å². The summed E-state index contributed by atoms with van der Waals surface area (Å²) in [5.74, 6) is -0.224. The van der Waals surface area contributed by atoms with E-state index in [1.807, 2.05) is 0 Å². The van der Waals surface area contributed by atoms with Crippen LogP contribution in [0.1, 0.15) is 174 Å². The van der Waals surface area contributed by atoms with Gasteiger partial charge in [0.15, 0.2) is 0 Å². The fourth-order valence-corrected chi connectivity index (χ4v) is 5.29. The van der Waals surface area contributed by atoms with E-state index in [1.54, 1.807) is 0 Å². The summed E-state index contributed by atoms with van der Waals surface area (Å²) < 4.78 is 11.1. The molecule has 0 heterocycles. The van der Waals surface area contributed by atoms with Gasteiger partial charge in [-0.25, -0.2) is 0 Å². The number of allylic oxidation sites excluding steroid dienone is 12. The highest BCUT2D eigenvalue weighted by Gasteiger charge is 2.13. The van der Waals surface area contributed by atoms with Crippen molar-refractivity contribution in [3.05, 3.63) is 72.9 Å². The van der Waals surface area contributed by atoms with Gasteiger partial charge >= 0.3 is 5.97 Å². The second kappa shape index (κ2) is 41.0. The third-order valence-corrected chi connectivity index (χ3v) is 8.27. The third-order valence-electron chi connectivity index (χ3n) is 8.27. The van der Waals surface area contributed by atoms with Gasteiger partial charge < -0.3 is 14.6 Å². The zero-order valence-electron chi connectivity index (χ0n) is 31.5. The molecule has 0 aromatic heterocycles. The van der Waals surface area contributed by atoms with E-state index in [9.17, 15) is 9.90 Å². The van der Waals surface area contributed by atoms with Gasteiger partial charge in [-0.1, -0.05) is 157 Å². The SMILES string of the molecule is CC/C=C\C/C=C\C/C=C\C/C=C\C/C=C\CCCCCCCC(=O)OC(CO)COCCCCCCCC/C=C\CCCCCCC. The summed E-state index contributed by atoms with van der Waals surface area (Å²) in [6.07, 6.45) is 55.2. The van der Waals surface area contributed by atoms with E-state index in [2.05, 4.69) is 86.8 Å². The summed E-state index contributed by atoms with van der Waals surface area (Å²) in [6.45, 7) is 5.18. The molecule has 0 fully saturated rings. The van der Waals surface area contributed by atoms with Gasteiger partial charge in [0.2, 0.25) is 0 Å². The number of carbonyl (C=O) groups is 1. The molecule has 0 aliphatic carbocycles. The molecular formula is C44H76O4. The number of ether oxygens (including phenoxy) is 2. The molecule has 0 bridgehead atoms. The molecule has 0 rings (SSSR count). The lowest BCUT2D eigenvalue weighted by Gasteiger charge is -2.15. The monoisotopic (exact) mass is 669 g/mol. The maximum Gasteiger partial charge on any atom is 0.306 e. The lowest BCUT2D eigenvalue weighted by atomic mass is 10.1. The van der Waals surface area contributed by atoms with Crippen molar-refractivity contribution in [2.24, 2.45) is 0 Å². The van der Waals surface area contributed by atoms with Crippen molar-refractivity contribution in [2.45, 2.75) is 180 Å². The Labute approximate surface area is 297 Å². The summed E-state index contributed by atoms with van der Waals surface area (Å²) in [5.41, 5.74) is 0. The van der Waals surface area contributed by atoms with Crippen LogP contribution in [-0.2, 0) is 14.3 Å². The van der Waals surface area contributed by atoms with E-state index < -0.39 is 6.10 Å². The summed E-state index contributed by atoms with van der Waals surface area (Å²) >= 11 is 0. The first-order chi connectivity index (χ1) is 23.7. The maximum atomic E-state index is 12.2. The molecule has 0 radical (unpaired) electrons. The molecule has 4 heteroatoms. The number of hydrogen-bond donors (Lipinski definition) is 1. The molecule has 1 atom stereocenters. The van der Waals surface area contributed by atoms with Gasteiger partial charge in [0.25, 0.3) is 0 Å². The zero-order chi connectivity index (χ0) is 34.9. The minimum atomic E-state index is -0.551. The summed E-state index contributed by atoms with van der Waals surface area (Å²) in [4.78, 5) is 12.2. The second-order valence-electron chi connectivity index (χ2n) is 13.0. The Bertz CT molecular complexity index is 835. The second-order valence-corrected chi connectivity index (χ2v) is 13.0. The Kier molecular flexibility index (Phi) is 39.1. The average Bonchev–Trinajstić information content (AvgIpc) is 3.09. The van der Waals surface area contributed by atoms with Crippen molar-refractivity contribution in [2.75, 3.05) is 19.8 Å². The molecule has 0 aromatic carbocycles. The van der Waals surface area contributed by atoms with Gasteiger partial charge in [-0.15, -0.1) is 0 Å². The number of esters is 1. The minimum absolute atomic E-state index is 0.186. The van der Waals surface area contributed by atoms with Crippen molar-refractivity contribution < 1.29 is 19.4 Å². The smallest absolute Gasteiger partial charge is 0.306 e. The standard InChI is InChI=1S/C44H76O4/c1-3-5-7-9-11-13-15-17-19-20-21-22-23-24-25-27-29-31-33-35-37-39-44(46)48-43(41-45)42-47-40-38-36-34-32-30-28-26-18-16-14-12-10-8-6-4-2/h5,7,11,13,16-19,21-22,24-25,43,45H,3-4,6,8-10,12,14-15,20,23,26-42H2,1-2H3/b7-5-,13-11-,18-16-,19-17-,22-21-,25-24-. The van der Waals surface area contributed by atoms with Crippen LogP contribution < -0.4 is 0 Å². The van der Waals surface area contributed by atoms with Crippen molar-refractivity contribution in [3.8, 4) is 0 Å². The Hall–Kier alpha value is -2.17. The predicted molar refractivity (Wildman–Crippen MR) is 209 cm³/mol. The number of carbonyl (C=O) groups excluding carboxylic acids is 1. The van der Waals surface area contributed by atoms with Gasteiger partial charge in [-0.3, -0.25) is 4.79 Å². The largest absolute Gasteiger partial charge is 0.457 e. The molecule has 276 valence electrons. The van der Waals surface area contributed by atoms with E-state index >= 15 is 0 Å². The van der Waals surface area contributed by atoms with Crippen LogP contribution in [0.5, 0.6) is 0 Å². The number of hydrogen-bond acceptors (Lipinski definition) is 4. The molecular weight excluding hydrogens is 592 g/mol. The predicted octanol–water partition coefficient (Wildman–Crippen LogP) is 13.0. The number of unbranched alkanes of at least 4 members (excludes halogenated alkanes) is 16. The highest BCUT2D eigenvalue weighted by atomic mass is 16.6. The third kappa shape index (κ3) is 38.3. The minimum Gasteiger partial charge on any atom is -0.457 e. The summed E-state index contributed by atoms with van der Waals surface area (Å²) in [7, 11) is 0. The first kappa shape index (κ1) is 45.8. The van der Waals surface area contributed by atoms with Crippen LogP contribution in [-0.4, -0.2) is 37.0 Å². The average molecular weight is 669 g/mol. The molecule has 0 saturated heterocycles. The molecule has 0 spiro atoms. The van der Waals surface area contributed by atoms with Gasteiger partial charge in [-0.05, 0) is 83.5 Å². The van der Waals surface area contributed by atoms with E-state index in [0.29, 0.717) is 13.0 Å². The maximum absolute atomic E-state index is 12.2. The molecule has 48 heavy (non-hydrogen) atoms. The van der Waals surface area contributed by atoms with E-state index in [4.69, 9.17) is 9.47 Å². The summed E-state index contributed by atoms with van der Waals surface area (Å²) in [6, 6.07) is 0. The Morgan fingerprint density at radius 3 is 1.44 bits per heavy atom. The number of aliphatic hydroxyl groups is 1. The van der Waals surface area contributed by atoms with Crippen LogP contribution in [0.2, 0.25) is 0 Å². The van der Waals surface area contributed by atoms with E-state index in [-0.39, 0.29) is 19.2 Å². The normalized spacial score (nSPS) is 13.1. The van der Waals surface area contributed by atoms with E-state index in [0.717, 1.165) is 64.2 Å². The molecule has 0 amide bonds. The summed E-state index contributed by atoms with van der Waals surface area (Å²) in [5, 5.41) is 9.58. The number of aliphatic hydroxyl groups excluding tert-OH is 1. The van der Waals surface area contributed by atoms with Gasteiger partial charge in [0.1, 0.15) is 6.10 Å². The Balaban J connectivity index is 3.54. The molecule has 0 aromatic rings. The Morgan fingerprint density at radius 2 is 0.938 bits per heavy atom. The fourth-order valence-electron chi connectivity index (χ4n) is 5.29. The quantitative estimate of drug-likeness (QED) is 0.0410. The van der Waals surface area contributed by atoms with Crippen molar-refractivity contribution in [3.63, 3.8) is 0 Å². The lowest BCUT2D eigenvalue weighted by Crippen LogP contribution is -2.27. The van der Waals surface area contributed by atoms with Crippen LogP contribution in [0, 0.1) is 0 Å². The molecule has 1 unspecified atom stereocenters. The van der Waals surface area contributed by atoms with Crippen LogP contribution in [0.4, 0.5) is 0 Å². The van der Waals surface area contributed by atoms with Crippen molar-refractivity contribution in [1.82, 2.24) is 0 Å². The van der Waals surface area contributed by atoms with Crippen LogP contribution in [0.25, 0.3) is 0 Å². The number of rotatable bonds is 36. The van der Waals surface area contributed by atoms with Crippen LogP contribution >= 0.6 is 0 Å². The molecule has 1 N–H and O–H groups in total. The van der Waals surface area contributed by atoms with Gasteiger partial charge in [0.05, 0.1) is 13.2 Å². The topological polar surface area (TPSA) is 55.8 Å². The molecule has 0 saturated carbocycles. The first-order valence-electron chi connectivity index (χ1n) is 20.0. The molecule has 0 aliphatic rings. The highest BCUT2D eigenvalue weighted by Crippen LogP contribution is 2.11. The van der Waals surface area contributed by atoms with Crippen molar-refractivity contribution in [1.29, 1.82) is 0 Å². The fraction of sp³-hybridized carbons (Fsp3) is 0.705. The van der Waals surface area contributed by atoms with Crippen LogP contribution in [0.3, 0.4) is 0 Å². The highest BCUT2D eigenvalue weighted by molar-refractivity contribution is 5.69. The van der Waals surface area contributed by atoms with Crippen LogP contribution in [0.15, 0.2) is 72.9 Å². The molecule has 0 aliphatic heterocycles. The lowest BCUT2D eigenvalue weighted by molar-refractivity contribution is -0.154. The van der Waals surface area contributed by atoms with Crippen molar-refractivity contribution >= 4 is 5.97 Å². The Morgan fingerprint density at radius 1 is 0.521 bits per heavy atom. The first-order valence-corrected chi connectivity index (χ1v) is 20.0. The zero-order valence-corrected chi connectivity index (χ0v) is 31.5. The molecule has 4 nitrogen and oxygen atoms in total.